The van der Waals surface area contributed by atoms with E-state index in [1.807, 2.05) is 78.0 Å². The molecule has 0 atom stereocenters. The quantitative estimate of drug-likeness (QED) is 0.295. The van der Waals surface area contributed by atoms with Gasteiger partial charge < -0.3 is 18.9 Å². The van der Waals surface area contributed by atoms with Crippen LogP contribution in [0, 0.1) is 0 Å². The molecular weight excluding hydrogens is 464 g/mol. The zero-order chi connectivity index (χ0) is 25.4. The van der Waals surface area contributed by atoms with Gasteiger partial charge in [-0.1, -0.05) is 30.3 Å². The van der Waals surface area contributed by atoms with Crippen LogP contribution < -0.4 is 9.47 Å². The summed E-state index contributed by atoms with van der Waals surface area (Å²) in [5, 5.41) is 7.90. The Balaban J connectivity index is 1.45. The lowest BCUT2D eigenvalue weighted by Crippen LogP contribution is -2.32. The van der Waals surface area contributed by atoms with E-state index in [0.29, 0.717) is 12.1 Å². The number of aromatic nitrogens is 3. The number of hydrogen-bond donors (Lipinski definition) is 1. The lowest BCUT2D eigenvalue weighted by Gasteiger charge is -2.22. The first-order valence-corrected chi connectivity index (χ1v) is 12.4. The molecule has 1 N–H and O–H groups in total. The summed E-state index contributed by atoms with van der Waals surface area (Å²) in [5.41, 5.74) is 5.64. The van der Waals surface area contributed by atoms with Gasteiger partial charge in [0.15, 0.2) is 0 Å². The van der Waals surface area contributed by atoms with Crippen molar-refractivity contribution in [2.24, 2.45) is 0 Å². The van der Waals surface area contributed by atoms with Crippen LogP contribution in [0.4, 0.5) is 0 Å². The molecule has 2 heterocycles. The molecule has 1 fully saturated rings. The van der Waals surface area contributed by atoms with Crippen molar-refractivity contribution in [3.8, 4) is 28.3 Å². The third-order valence-corrected chi connectivity index (χ3v) is 6.93. The number of rotatable bonds is 8. The lowest BCUT2D eigenvalue weighted by molar-refractivity contribution is 0.0731. The number of benzene rings is 3. The number of hydrogen-bond acceptors (Lipinski definition) is 4. The van der Waals surface area contributed by atoms with E-state index < -0.39 is 0 Å². The molecule has 2 aromatic heterocycles. The molecule has 5 aromatic rings. The maximum atomic E-state index is 14.1. The van der Waals surface area contributed by atoms with Crippen molar-refractivity contribution in [1.29, 1.82) is 0 Å². The molecule has 3 aromatic carbocycles. The molecule has 186 valence electrons. The Hall–Kier alpha value is -4.52. The highest BCUT2D eigenvalue weighted by atomic mass is 16.5. The van der Waals surface area contributed by atoms with Crippen LogP contribution in [-0.2, 0) is 6.54 Å². The Morgan fingerprint density at radius 1 is 1.00 bits per heavy atom. The number of carbonyl (C=O) groups is 1. The number of nitrogens with one attached hydrogen (secondary N) is 1. The molecule has 1 saturated carbocycles. The first kappa shape index (κ1) is 22.9. The molecular formula is C30H28N4O3. The number of carbonyl (C=O) groups excluding carboxylic acids is 1. The molecule has 1 amide bonds. The summed E-state index contributed by atoms with van der Waals surface area (Å²) in [6.45, 7) is 0.541. The zero-order valence-corrected chi connectivity index (χ0v) is 20.8. The SMILES string of the molecule is COc1cccc(CN(C(=O)c2cn(-c3cccc(OC)c3)c3cc(-c4cn[nH]c4)ccc23)C2CC2)c1. The minimum absolute atomic E-state index is 0.0352. The molecule has 0 radical (unpaired) electrons. The number of fused-ring (bicyclic) bond motifs is 1. The Labute approximate surface area is 215 Å². The number of H-pyrrole nitrogens is 1. The van der Waals surface area contributed by atoms with Crippen LogP contribution in [0.1, 0.15) is 28.8 Å². The maximum Gasteiger partial charge on any atom is 0.256 e. The van der Waals surface area contributed by atoms with Gasteiger partial charge in [0.25, 0.3) is 5.91 Å². The molecule has 7 heteroatoms. The highest BCUT2D eigenvalue weighted by Crippen LogP contribution is 2.35. The van der Waals surface area contributed by atoms with E-state index in [2.05, 4.69) is 20.8 Å². The average molecular weight is 493 g/mol. The molecule has 0 spiro atoms. The van der Waals surface area contributed by atoms with E-state index in [1.165, 1.54) is 0 Å². The zero-order valence-electron chi connectivity index (χ0n) is 20.8. The van der Waals surface area contributed by atoms with E-state index in [4.69, 9.17) is 9.47 Å². The van der Waals surface area contributed by atoms with Crippen LogP contribution in [0.2, 0.25) is 0 Å². The molecule has 37 heavy (non-hydrogen) atoms. The number of aromatic amines is 1. The lowest BCUT2D eigenvalue weighted by atomic mass is 10.1. The van der Waals surface area contributed by atoms with E-state index in [1.54, 1.807) is 20.4 Å². The smallest absolute Gasteiger partial charge is 0.256 e. The fourth-order valence-corrected chi connectivity index (χ4v) is 4.83. The van der Waals surface area contributed by atoms with Gasteiger partial charge in [0.05, 0.1) is 31.5 Å². The third-order valence-electron chi connectivity index (χ3n) is 6.93. The Bertz CT molecular complexity index is 1570. The van der Waals surface area contributed by atoms with Gasteiger partial charge in [-0.15, -0.1) is 0 Å². The fraction of sp³-hybridized carbons (Fsp3) is 0.200. The monoisotopic (exact) mass is 492 g/mol. The average Bonchev–Trinajstić information content (AvgIpc) is 3.49. The largest absolute Gasteiger partial charge is 0.497 e. The van der Waals surface area contributed by atoms with Crippen molar-refractivity contribution < 1.29 is 14.3 Å². The van der Waals surface area contributed by atoms with Gasteiger partial charge >= 0.3 is 0 Å². The van der Waals surface area contributed by atoms with Gasteiger partial charge in [-0.25, -0.2) is 0 Å². The van der Waals surface area contributed by atoms with E-state index in [0.717, 1.165) is 57.6 Å². The van der Waals surface area contributed by atoms with Crippen LogP contribution in [0.25, 0.3) is 27.7 Å². The molecule has 7 nitrogen and oxygen atoms in total. The molecule has 1 aliphatic rings. The first-order valence-electron chi connectivity index (χ1n) is 12.4. The summed E-state index contributed by atoms with van der Waals surface area (Å²) in [6, 6.07) is 22.3. The summed E-state index contributed by atoms with van der Waals surface area (Å²) in [7, 11) is 3.32. The predicted molar refractivity (Wildman–Crippen MR) is 143 cm³/mol. The molecule has 0 saturated heterocycles. The summed E-state index contributed by atoms with van der Waals surface area (Å²) >= 11 is 0. The highest BCUT2D eigenvalue weighted by molar-refractivity contribution is 6.08. The summed E-state index contributed by atoms with van der Waals surface area (Å²) in [4.78, 5) is 16.1. The van der Waals surface area contributed by atoms with Gasteiger partial charge in [0.1, 0.15) is 11.5 Å². The minimum atomic E-state index is 0.0352. The first-order chi connectivity index (χ1) is 18.1. The standard InChI is InChI=1S/C30H28N4O3/c1-36-25-7-3-5-20(13-25)18-34(23-10-11-23)30(35)28-19-33(24-6-4-8-26(15-24)37-2)29-14-21(9-12-27(28)29)22-16-31-32-17-22/h3-9,12-17,19,23H,10-11,18H2,1-2H3,(H,31,32). The van der Waals surface area contributed by atoms with Crippen LogP contribution in [0.15, 0.2) is 85.3 Å². The predicted octanol–water partition coefficient (Wildman–Crippen LogP) is 5.84. The van der Waals surface area contributed by atoms with Crippen molar-refractivity contribution in [3.63, 3.8) is 0 Å². The van der Waals surface area contributed by atoms with Gasteiger partial charge in [0, 0.05) is 47.7 Å². The second-order valence-electron chi connectivity index (χ2n) is 9.35. The van der Waals surface area contributed by atoms with Gasteiger partial charge in [-0.05, 0) is 54.3 Å². The van der Waals surface area contributed by atoms with Gasteiger partial charge in [0.2, 0.25) is 0 Å². The number of amides is 1. The second kappa shape index (κ2) is 9.50. The maximum absolute atomic E-state index is 14.1. The molecule has 0 aliphatic heterocycles. The van der Waals surface area contributed by atoms with Crippen molar-refractivity contribution >= 4 is 16.8 Å². The van der Waals surface area contributed by atoms with Gasteiger partial charge in [-0.2, -0.15) is 5.10 Å². The summed E-state index contributed by atoms with van der Waals surface area (Å²) in [5.74, 6) is 1.59. The fourth-order valence-electron chi connectivity index (χ4n) is 4.83. The highest BCUT2D eigenvalue weighted by Gasteiger charge is 2.34. The van der Waals surface area contributed by atoms with E-state index in [9.17, 15) is 4.79 Å². The Morgan fingerprint density at radius 3 is 2.51 bits per heavy atom. The van der Waals surface area contributed by atoms with Crippen LogP contribution in [-0.4, -0.2) is 45.8 Å². The Kier molecular flexibility index (Phi) is 5.88. The summed E-state index contributed by atoms with van der Waals surface area (Å²) in [6.07, 6.45) is 7.68. The van der Waals surface area contributed by atoms with Crippen LogP contribution >= 0.6 is 0 Å². The molecule has 1 aliphatic carbocycles. The van der Waals surface area contributed by atoms with Crippen LogP contribution in [0.5, 0.6) is 11.5 Å². The molecule has 6 rings (SSSR count). The number of ether oxygens (including phenoxy) is 2. The topological polar surface area (TPSA) is 72.4 Å². The molecule has 0 bridgehead atoms. The van der Waals surface area contributed by atoms with Crippen molar-refractivity contribution in [1.82, 2.24) is 19.7 Å². The third kappa shape index (κ3) is 4.44. The van der Waals surface area contributed by atoms with Crippen molar-refractivity contribution in [2.45, 2.75) is 25.4 Å². The van der Waals surface area contributed by atoms with Gasteiger partial charge in [-0.3, -0.25) is 9.89 Å². The number of methoxy groups -OCH3 is 2. The van der Waals surface area contributed by atoms with E-state index in [-0.39, 0.29) is 11.9 Å². The van der Waals surface area contributed by atoms with Crippen molar-refractivity contribution in [2.75, 3.05) is 14.2 Å². The molecule has 0 unspecified atom stereocenters. The Morgan fingerprint density at radius 2 is 1.78 bits per heavy atom. The summed E-state index contributed by atoms with van der Waals surface area (Å²) < 4.78 is 13.0. The number of nitrogens with zero attached hydrogens (tertiary/aromatic N) is 3. The van der Waals surface area contributed by atoms with E-state index >= 15 is 0 Å². The van der Waals surface area contributed by atoms with Crippen LogP contribution in [0.3, 0.4) is 0 Å². The van der Waals surface area contributed by atoms with Crippen molar-refractivity contribution in [3.05, 3.63) is 96.4 Å². The normalized spacial score (nSPS) is 13.0. The minimum Gasteiger partial charge on any atom is -0.497 e. The second-order valence-corrected chi connectivity index (χ2v) is 9.35.